The molecule has 0 aromatic heterocycles. The fraction of sp³-hybridized carbons (Fsp3) is 0.417. The smallest absolute Gasteiger partial charge is 0.234 e. The molecule has 1 unspecified atom stereocenters. The largest absolute Gasteiger partial charge is 0.325 e. The molecule has 1 N–H and O–H groups in total. The fourth-order valence-corrected chi connectivity index (χ4v) is 5.30. The van der Waals surface area contributed by atoms with Crippen LogP contribution in [0.3, 0.4) is 0 Å². The van der Waals surface area contributed by atoms with E-state index in [1.165, 1.54) is 17.8 Å². The lowest BCUT2D eigenvalue weighted by Gasteiger charge is -2.08. The number of nitrogens with one attached hydrogen (secondary N) is 1. The van der Waals surface area contributed by atoms with Gasteiger partial charge in [0.05, 0.1) is 17.3 Å². The van der Waals surface area contributed by atoms with Gasteiger partial charge in [-0.2, -0.15) is 0 Å². The third kappa shape index (κ3) is 4.17. The maximum atomic E-state index is 12.9. The molecule has 110 valence electrons. The summed E-state index contributed by atoms with van der Waals surface area (Å²) in [6, 6.07) is 3.10. The van der Waals surface area contributed by atoms with E-state index < -0.39 is 21.5 Å². The van der Waals surface area contributed by atoms with Crippen LogP contribution in [0.5, 0.6) is 0 Å². The molecular formula is C12H13F2NO3S2. The van der Waals surface area contributed by atoms with Crippen molar-refractivity contribution in [1.29, 1.82) is 0 Å². The summed E-state index contributed by atoms with van der Waals surface area (Å²) in [6.07, 6.45) is 0.547. The van der Waals surface area contributed by atoms with Gasteiger partial charge < -0.3 is 5.32 Å². The predicted octanol–water partition coefficient (Wildman–Crippen LogP) is 1.82. The lowest BCUT2D eigenvalue weighted by Crippen LogP contribution is -2.17. The van der Waals surface area contributed by atoms with Crippen molar-refractivity contribution < 1.29 is 22.0 Å². The summed E-state index contributed by atoms with van der Waals surface area (Å²) in [5.74, 6) is -2.04. The summed E-state index contributed by atoms with van der Waals surface area (Å²) < 4.78 is 48.2. The van der Waals surface area contributed by atoms with Crippen molar-refractivity contribution >= 4 is 33.2 Å². The molecule has 0 radical (unpaired) electrons. The average Bonchev–Trinajstić information content (AvgIpc) is 2.71. The third-order valence-corrected chi connectivity index (χ3v) is 6.13. The average molecular weight is 321 g/mol. The minimum atomic E-state index is -2.96. The van der Waals surface area contributed by atoms with E-state index in [-0.39, 0.29) is 34.1 Å². The van der Waals surface area contributed by atoms with Gasteiger partial charge in [-0.05, 0) is 18.6 Å². The Bertz CT molecular complexity index is 619. The quantitative estimate of drug-likeness (QED) is 0.919. The Labute approximate surface area is 119 Å². The second kappa shape index (κ2) is 6.09. The van der Waals surface area contributed by atoms with E-state index in [0.29, 0.717) is 6.42 Å². The van der Waals surface area contributed by atoms with Crippen LogP contribution in [0.15, 0.2) is 18.2 Å². The van der Waals surface area contributed by atoms with Crippen molar-refractivity contribution in [2.24, 2.45) is 0 Å². The Kier molecular flexibility index (Phi) is 4.64. The first-order valence-electron chi connectivity index (χ1n) is 5.93. The molecule has 1 fully saturated rings. The predicted molar refractivity (Wildman–Crippen MR) is 74.5 cm³/mol. The summed E-state index contributed by atoms with van der Waals surface area (Å²) in [5, 5.41) is 2.37. The first-order valence-corrected chi connectivity index (χ1v) is 8.80. The maximum absolute atomic E-state index is 12.9. The number of hydrogen-bond donors (Lipinski definition) is 1. The van der Waals surface area contributed by atoms with Crippen molar-refractivity contribution in [3.8, 4) is 0 Å². The van der Waals surface area contributed by atoms with E-state index >= 15 is 0 Å². The second-order valence-electron chi connectivity index (χ2n) is 4.51. The van der Waals surface area contributed by atoms with Gasteiger partial charge in [0.2, 0.25) is 5.91 Å². The number of halogens is 2. The number of amides is 1. The number of benzene rings is 1. The fourth-order valence-electron chi connectivity index (χ4n) is 1.86. The molecular weight excluding hydrogens is 308 g/mol. The molecule has 1 aliphatic heterocycles. The molecule has 0 bridgehead atoms. The number of anilines is 1. The maximum Gasteiger partial charge on any atom is 0.234 e. The standard InChI is InChI=1S/C12H13F2NO3S2/c13-10-2-1-8(5-11(10)14)15-12(16)6-19-9-3-4-20(17,18)7-9/h1-2,5,9H,3-4,6-7H2,(H,15,16). The Balaban J connectivity index is 1.82. The van der Waals surface area contributed by atoms with Gasteiger partial charge in [0.25, 0.3) is 0 Å². The van der Waals surface area contributed by atoms with Crippen LogP contribution in [0.1, 0.15) is 6.42 Å². The van der Waals surface area contributed by atoms with Crippen molar-refractivity contribution in [3.63, 3.8) is 0 Å². The lowest BCUT2D eigenvalue weighted by atomic mass is 10.3. The van der Waals surface area contributed by atoms with E-state index in [9.17, 15) is 22.0 Å². The van der Waals surface area contributed by atoms with Crippen molar-refractivity contribution in [1.82, 2.24) is 0 Å². The number of carbonyl (C=O) groups is 1. The molecule has 2 rings (SSSR count). The number of carbonyl (C=O) groups excluding carboxylic acids is 1. The van der Waals surface area contributed by atoms with Crippen LogP contribution in [0, 0.1) is 11.6 Å². The van der Waals surface area contributed by atoms with Crippen molar-refractivity contribution in [2.75, 3.05) is 22.6 Å². The highest BCUT2D eigenvalue weighted by molar-refractivity contribution is 8.02. The second-order valence-corrected chi connectivity index (χ2v) is 8.03. The van der Waals surface area contributed by atoms with E-state index in [0.717, 1.165) is 12.1 Å². The molecule has 0 aliphatic carbocycles. The van der Waals surface area contributed by atoms with Crippen LogP contribution < -0.4 is 5.32 Å². The normalized spacial score (nSPS) is 20.8. The summed E-state index contributed by atoms with van der Waals surface area (Å²) >= 11 is 1.26. The minimum Gasteiger partial charge on any atom is -0.325 e. The highest BCUT2D eigenvalue weighted by Gasteiger charge is 2.28. The van der Waals surface area contributed by atoms with Gasteiger partial charge in [-0.1, -0.05) is 0 Å². The van der Waals surface area contributed by atoms with Crippen LogP contribution in [-0.2, 0) is 14.6 Å². The zero-order chi connectivity index (χ0) is 14.8. The van der Waals surface area contributed by atoms with Crippen molar-refractivity contribution in [3.05, 3.63) is 29.8 Å². The molecule has 4 nitrogen and oxygen atoms in total. The summed E-state index contributed by atoms with van der Waals surface area (Å²) in [4.78, 5) is 11.6. The van der Waals surface area contributed by atoms with Gasteiger partial charge in [0.1, 0.15) is 0 Å². The molecule has 0 saturated carbocycles. The number of thioether (sulfide) groups is 1. The Hall–Kier alpha value is -1.15. The summed E-state index contributed by atoms with van der Waals surface area (Å²) in [5.41, 5.74) is 0.175. The summed E-state index contributed by atoms with van der Waals surface area (Å²) in [7, 11) is -2.96. The van der Waals surface area contributed by atoms with E-state index in [1.807, 2.05) is 0 Å². The van der Waals surface area contributed by atoms with Crippen LogP contribution >= 0.6 is 11.8 Å². The van der Waals surface area contributed by atoms with Crippen LogP contribution in [0.2, 0.25) is 0 Å². The molecule has 1 aromatic rings. The molecule has 1 saturated heterocycles. The lowest BCUT2D eigenvalue weighted by molar-refractivity contribution is -0.113. The van der Waals surface area contributed by atoms with E-state index in [2.05, 4.69) is 5.32 Å². The molecule has 1 amide bonds. The van der Waals surface area contributed by atoms with Gasteiger partial charge in [-0.25, -0.2) is 17.2 Å². The van der Waals surface area contributed by atoms with Gasteiger partial charge in [-0.15, -0.1) is 11.8 Å². The highest BCUT2D eigenvalue weighted by atomic mass is 32.2. The molecule has 8 heteroatoms. The number of sulfone groups is 1. The minimum absolute atomic E-state index is 0.0734. The highest BCUT2D eigenvalue weighted by Crippen LogP contribution is 2.24. The monoisotopic (exact) mass is 321 g/mol. The van der Waals surface area contributed by atoms with Gasteiger partial charge in [0.15, 0.2) is 21.5 Å². The molecule has 0 spiro atoms. The molecule has 1 atom stereocenters. The van der Waals surface area contributed by atoms with Crippen molar-refractivity contribution in [2.45, 2.75) is 11.7 Å². The number of rotatable bonds is 4. The molecule has 1 heterocycles. The van der Waals surface area contributed by atoms with Gasteiger partial charge in [0, 0.05) is 17.0 Å². The van der Waals surface area contributed by atoms with Gasteiger partial charge in [-0.3, -0.25) is 4.79 Å². The van der Waals surface area contributed by atoms with Gasteiger partial charge >= 0.3 is 0 Å². The van der Waals surface area contributed by atoms with Crippen LogP contribution in [0.4, 0.5) is 14.5 Å². The zero-order valence-corrected chi connectivity index (χ0v) is 12.1. The topological polar surface area (TPSA) is 63.2 Å². The summed E-state index contributed by atoms with van der Waals surface area (Å²) in [6.45, 7) is 0. The van der Waals surface area contributed by atoms with Crippen LogP contribution in [0.25, 0.3) is 0 Å². The number of hydrogen-bond acceptors (Lipinski definition) is 4. The Morgan fingerprint density at radius 3 is 2.70 bits per heavy atom. The van der Waals surface area contributed by atoms with E-state index in [4.69, 9.17) is 0 Å². The van der Waals surface area contributed by atoms with E-state index in [1.54, 1.807) is 0 Å². The zero-order valence-electron chi connectivity index (χ0n) is 10.4. The first-order chi connectivity index (χ1) is 9.35. The molecule has 1 aromatic carbocycles. The molecule has 1 aliphatic rings. The Morgan fingerprint density at radius 2 is 2.10 bits per heavy atom. The van der Waals surface area contributed by atoms with Crippen LogP contribution in [-0.4, -0.2) is 36.8 Å². The molecule has 20 heavy (non-hydrogen) atoms. The Morgan fingerprint density at radius 1 is 1.35 bits per heavy atom. The first kappa shape index (κ1) is 15.2. The SMILES string of the molecule is O=C(CSC1CCS(=O)(=O)C1)Nc1ccc(F)c(F)c1. The third-order valence-electron chi connectivity index (χ3n) is 2.84.